The van der Waals surface area contributed by atoms with Gasteiger partial charge in [-0.1, -0.05) is 15.9 Å². The first-order valence-electron chi connectivity index (χ1n) is 5.88. The molecule has 21 heavy (non-hydrogen) atoms. The molecule has 1 amide bonds. The Labute approximate surface area is 128 Å². The Morgan fingerprint density at radius 3 is 2.52 bits per heavy atom. The van der Waals surface area contributed by atoms with Crippen LogP contribution in [0.4, 0.5) is 20.2 Å². The zero-order chi connectivity index (χ0) is 15.4. The largest absolute Gasteiger partial charge is 0.481 e. The van der Waals surface area contributed by atoms with Crippen LogP contribution in [0, 0.1) is 11.6 Å². The summed E-state index contributed by atoms with van der Waals surface area (Å²) in [5, 5.41) is 2.56. The molecule has 7 heteroatoms. The number of anilines is 2. The normalized spacial score (nSPS) is 10.2. The summed E-state index contributed by atoms with van der Waals surface area (Å²) in [6, 6.07) is 8.49. The van der Waals surface area contributed by atoms with Crippen LogP contribution in [0.2, 0.25) is 0 Å². The number of hydrogen-bond donors (Lipinski definition) is 2. The number of nitrogen functional groups attached to an aromatic ring is 1. The Hall–Kier alpha value is -2.15. The number of nitrogens with one attached hydrogen (secondary N) is 1. The lowest BCUT2D eigenvalue weighted by atomic mass is 10.3. The Balaban J connectivity index is 1.95. The molecule has 0 unspecified atom stereocenters. The molecule has 2 rings (SSSR count). The molecule has 0 bridgehead atoms. The molecule has 0 saturated carbocycles. The number of carbonyl (C=O) groups is 1. The van der Waals surface area contributed by atoms with Crippen LogP contribution in [0.25, 0.3) is 0 Å². The van der Waals surface area contributed by atoms with Gasteiger partial charge in [-0.15, -0.1) is 0 Å². The minimum Gasteiger partial charge on any atom is -0.481 e. The van der Waals surface area contributed by atoms with Gasteiger partial charge in [0.25, 0.3) is 5.91 Å². The minimum atomic E-state index is -0.828. The van der Waals surface area contributed by atoms with E-state index < -0.39 is 24.1 Å². The molecule has 0 aliphatic rings. The number of benzene rings is 2. The Morgan fingerprint density at radius 1 is 1.19 bits per heavy atom. The Morgan fingerprint density at radius 2 is 1.86 bits per heavy atom. The maximum absolute atomic E-state index is 13.4. The summed E-state index contributed by atoms with van der Waals surface area (Å²) < 4.78 is 32.4. The van der Waals surface area contributed by atoms with Crippen LogP contribution in [-0.2, 0) is 4.79 Å². The maximum atomic E-state index is 13.4. The predicted molar refractivity (Wildman–Crippen MR) is 79.0 cm³/mol. The molecule has 0 saturated heterocycles. The SMILES string of the molecule is Nc1cc(F)c(OCC(=O)Nc2ccc(Br)cc2)cc1F. The highest BCUT2D eigenvalue weighted by atomic mass is 79.9. The quantitative estimate of drug-likeness (QED) is 0.825. The Kier molecular flexibility index (Phi) is 4.74. The molecule has 0 spiro atoms. The molecule has 0 heterocycles. The van der Waals surface area contributed by atoms with E-state index in [9.17, 15) is 13.6 Å². The second-order valence-electron chi connectivity index (χ2n) is 4.15. The predicted octanol–water partition coefficient (Wildman–Crippen LogP) is 3.33. The summed E-state index contributed by atoms with van der Waals surface area (Å²) >= 11 is 3.27. The molecule has 0 radical (unpaired) electrons. The van der Waals surface area contributed by atoms with E-state index in [0.29, 0.717) is 5.69 Å². The van der Waals surface area contributed by atoms with E-state index in [0.717, 1.165) is 16.6 Å². The molecule has 0 aromatic heterocycles. The van der Waals surface area contributed by atoms with Crippen molar-refractivity contribution >= 4 is 33.2 Å². The fraction of sp³-hybridized carbons (Fsp3) is 0.0714. The zero-order valence-electron chi connectivity index (χ0n) is 10.7. The maximum Gasteiger partial charge on any atom is 0.262 e. The number of nitrogens with two attached hydrogens (primary N) is 1. The van der Waals surface area contributed by atoms with Crippen molar-refractivity contribution in [1.82, 2.24) is 0 Å². The molecular formula is C14H11BrF2N2O2. The van der Waals surface area contributed by atoms with E-state index in [1.54, 1.807) is 24.3 Å². The van der Waals surface area contributed by atoms with Gasteiger partial charge in [0.1, 0.15) is 5.82 Å². The minimum absolute atomic E-state index is 0.320. The van der Waals surface area contributed by atoms with E-state index >= 15 is 0 Å². The molecule has 3 N–H and O–H groups in total. The fourth-order valence-electron chi connectivity index (χ4n) is 1.53. The summed E-state index contributed by atoms with van der Waals surface area (Å²) in [4.78, 5) is 11.6. The second-order valence-corrected chi connectivity index (χ2v) is 5.06. The molecular weight excluding hydrogens is 346 g/mol. The third-order valence-electron chi connectivity index (χ3n) is 2.54. The highest BCUT2D eigenvalue weighted by Crippen LogP contribution is 2.23. The summed E-state index contributed by atoms with van der Waals surface area (Å²) in [6.45, 7) is -0.448. The van der Waals surface area contributed by atoms with Crippen LogP contribution in [-0.4, -0.2) is 12.5 Å². The molecule has 2 aromatic rings. The van der Waals surface area contributed by atoms with Gasteiger partial charge >= 0.3 is 0 Å². The summed E-state index contributed by atoms with van der Waals surface area (Å²) in [7, 11) is 0. The molecule has 4 nitrogen and oxygen atoms in total. The number of amides is 1. The third-order valence-corrected chi connectivity index (χ3v) is 3.07. The van der Waals surface area contributed by atoms with E-state index in [2.05, 4.69) is 21.2 Å². The van der Waals surface area contributed by atoms with E-state index in [1.165, 1.54) is 0 Å². The van der Waals surface area contributed by atoms with Crippen LogP contribution in [0.15, 0.2) is 40.9 Å². The van der Waals surface area contributed by atoms with Crippen LogP contribution < -0.4 is 15.8 Å². The van der Waals surface area contributed by atoms with Crippen LogP contribution in [0.1, 0.15) is 0 Å². The van der Waals surface area contributed by atoms with Gasteiger partial charge in [0, 0.05) is 22.3 Å². The first kappa shape index (κ1) is 15.2. The topological polar surface area (TPSA) is 64.3 Å². The lowest BCUT2D eigenvalue weighted by Crippen LogP contribution is -2.20. The van der Waals surface area contributed by atoms with Crippen molar-refractivity contribution in [2.75, 3.05) is 17.7 Å². The van der Waals surface area contributed by atoms with Crippen molar-refractivity contribution in [3.8, 4) is 5.75 Å². The average Bonchev–Trinajstić information content (AvgIpc) is 2.44. The smallest absolute Gasteiger partial charge is 0.262 e. The van der Waals surface area contributed by atoms with Crippen molar-refractivity contribution in [3.63, 3.8) is 0 Å². The van der Waals surface area contributed by atoms with Crippen molar-refractivity contribution in [1.29, 1.82) is 0 Å². The highest BCUT2D eigenvalue weighted by Gasteiger charge is 2.11. The van der Waals surface area contributed by atoms with Crippen molar-refractivity contribution in [2.24, 2.45) is 0 Å². The van der Waals surface area contributed by atoms with Gasteiger partial charge in [-0.05, 0) is 24.3 Å². The van der Waals surface area contributed by atoms with Crippen molar-refractivity contribution < 1.29 is 18.3 Å². The fourth-order valence-corrected chi connectivity index (χ4v) is 1.79. The van der Waals surface area contributed by atoms with Crippen LogP contribution >= 0.6 is 15.9 Å². The third kappa shape index (κ3) is 4.16. The first-order valence-corrected chi connectivity index (χ1v) is 6.68. The standard InChI is InChI=1S/C14H11BrF2N2O2/c15-8-1-3-9(4-2-8)19-14(20)7-21-13-6-10(16)12(18)5-11(13)17/h1-6H,7,18H2,(H,19,20). The molecule has 0 atom stereocenters. The number of rotatable bonds is 4. The van der Waals surface area contributed by atoms with Crippen LogP contribution in [0.5, 0.6) is 5.75 Å². The van der Waals surface area contributed by atoms with Gasteiger partial charge in [0.2, 0.25) is 0 Å². The van der Waals surface area contributed by atoms with Gasteiger partial charge in [-0.2, -0.15) is 0 Å². The summed E-state index contributed by atoms with van der Waals surface area (Å²) in [5.41, 5.74) is 5.45. The average molecular weight is 357 g/mol. The number of ether oxygens (including phenoxy) is 1. The van der Waals surface area contributed by atoms with Gasteiger partial charge in [0.15, 0.2) is 18.2 Å². The second kappa shape index (κ2) is 6.53. The zero-order valence-corrected chi connectivity index (χ0v) is 12.3. The van der Waals surface area contributed by atoms with Gasteiger partial charge in [0.05, 0.1) is 5.69 Å². The van der Waals surface area contributed by atoms with Gasteiger partial charge < -0.3 is 15.8 Å². The Bertz CT molecular complexity index is 663. The monoisotopic (exact) mass is 356 g/mol. The first-order chi connectivity index (χ1) is 9.95. The molecule has 0 aliphatic carbocycles. The van der Waals surface area contributed by atoms with E-state index in [4.69, 9.17) is 10.5 Å². The molecule has 0 aliphatic heterocycles. The highest BCUT2D eigenvalue weighted by molar-refractivity contribution is 9.10. The van der Waals surface area contributed by atoms with Crippen molar-refractivity contribution in [3.05, 3.63) is 52.5 Å². The van der Waals surface area contributed by atoms with Gasteiger partial charge in [-0.3, -0.25) is 4.79 Å². The lowest BCUT2D eigenvalue weighted by Gasteiger charge is -2.09. The van der Waals surface area contributed by atoms with Crippen molar-refractivity contribution in [2.45, 2.75) is 0 Å². The molecule has 0 fully saturated rings. The number of halogens is 3. The lowest BCUT2D eigenvalue weighted by molar-refractivity contribution is -0.118. The molecule has 110 valence electrons. The summed E-state index contributed by atoms with van der Waals surface area (Å²) in [6.07, 6.45) is 0. The molecule has 2 aromatic carbocycles. The van der Waals surface area contributed by atoms with Gasteiger partial charge in [-0.25, -0.2) is 8.78 Å². The number of carbonyl (C=O) groups excluding carboxylic acids is 1. The number of hydrogen-bond acceptors (Lipinski definition) is 3. The van der Waals surface area contributed by atoms with E-state index in [-0.39, 0.29) is 11.4 Å². The van der Waals surface area contributed by atoms with E-state index in [1.807, 2.05) is 0 Å². The van der Waals surface area contributed by atoms with Crippen LogP contribution in [0.3, 0.4) is 0 Å². The summed E-state index contributed by atoms with van der Waals surface area (Å²) in [5.74, 6) is -2.49.